The number of nitrogens with zero attached hydrogens (tertiary/aromatic N) is 1. The molecule has 1 aliphatic heterocycles. The Balaban J connectivity index is 2.00. The average Bonchev–Trinajstić information content (AvgIpc) is 2.55. The fourth-order valence-electron chi connectivity index (χ4n) is 2.63. The van der Waals surface area contributed by atoms with Crippen molar-refractivity contribution in [2.75, 3.05) is 32.1 Å². The Kier molecular flexibility index (Phi) is 6.39. The Morgan fingerprint density at radius 3 is 2.35 bits per heavy atom. The molecule has 23 heavy (non-hydrogen) atoms. The number of ether oxygens (including phenoxy) is 1. The van der Waals surface area contributed by atoms with E-state index in [4.69, 9.17) is 4.74 Å². The molecule has 0 N–H and O–H groups in total. The second-order valence-electron chi connectivity index (χ2n) is 6.31. The summed E-state index contributed by atoms with van der Waals surface area (Å²) in [6.07, 6.45) is 0.579. The van der Waals surface area contributed by atoms with Crippen molar-refractivity contribution >= 4 is 23.3 Å². The number of carbonyl (C=O) groups excluding carboxylic acids is 2. The van der Waals surface area contributed by atoms with Crippen molar-refractivity contribution in [1.82, 2.24) is 4.90 Å². The molecular weight excluding hydrogens is 310 g/mol. The van der Waals surface area contributed by atoms with Crippen LogP contribution in [0.25, 0.3) is 0 Å². The molecule has 0 spiro atoms. The zero-order valence-electron chi connectivity index (χ0n) is 14.1. The highest BCUT2D eigenvalue weighted by molar-refractivity contribution is 7.99. The molecule has 1 heterocycles. The first-order chi connectivity index (χ1) is 10.9. The van der Waals surface area contributed by atoms with E-state index in [-0.39, 0.29) is 11.6 Å². The van der Waals surface area contributed by atoms with Crippen LogP contribution in [0, 0.1) is 0 Å². The van der Waals surface area contributed by atoms with Gasteiger partial charge < -0.3 is 4.74 Å². The highest BCUT2D eigenvalue weighted by atomic mass is 32.2. The first kappa shape index (κ1) is 18.2. The first-order valence-corrected chi connectivity index (χ1v) is 8.99. The summed E-state index contributed by atoms with van der Waals surface area (Å²) < 4.78 is 5.37. The van der Waals surface area contributed by atoms with E-state index in [1.165, 1.54) is 0 Å². The summed E-state index contributed by atoms with van der Waals surface area (Å²) in [6.45, 7) is 8.52. The largest absolute Gasteiger partial charge is 0.379 e. The standard InChI is InChI=1S/C18H25NO3S/c1-14(20)8-13-23-16-6-4-15(5-7-16)17(21)18(2,3)19-9-11-22-12-10-19/h4-7H,8-13H2,1-3H3. The lowest BCUT2D eigenvalue weighted by Gasteiger charge is -2.39. The second-order valence-corrected chi connectivity index (χ2v) is 7.48. The highest BCUT2D eigenvalue weighted by Gasteiger charge is 2.35. The molecule has 0 radical (unpaired) electrons. The van der Waals surface area contributed by atoms with Crippen LogP contribution in [-0.4, -0.2) is 54.1 Å². The Morgan fingerprint density at radius 1 is 1.17 bits per heavy atom. The van der Waals surface area contributed by atoms with E-state index in [1.807, 2.05) is 38.1 Å². The number of hydrogen-bond acceptors (Lipinski definition) is 5. The number of benzene rings is 1. The zero-order valence-corrected chi connectivity index (χ0v) is 14.9. The van der Waals surface area contributed by atoms with Crippen LogP contribution in [0.4, 0.5) is 0 Å². The number of rotatable bonds is 7. The fraction of sp³-hybridized carbons (Fsp3) is 0.556. The van der Waals surface area contributed by atoms with Gasteiger partial charge in [0.2, 0.25) is 0 Å². The van der Waals surface area contributed by atoms with Crippen molar-refractivity contribution in [1.29, 1.82) is 0 Å². The van der Waals surface area contributed by atoms with Crippen molar-refractivity contribution in [2.24, 2.45) is 0 Å². The normalized spacial score (nSPS) is 16.3. The summed E-state index contributed by atoms with van der Waals surface area (Å²) in [5.41, 5.74) is 0.213. The molecule has 0 aliphatic carbocycles. The number of Topliss-reactive ketones (excluding diaryl/α,β-unsaturated/α-hetero) is 2. The summed E-state index contributed by atoms with van der Waals surface area (Å²) in [6, 6.07) is 7.71. The van der Waals surface area contributed by atoms with E-state index in [2.05, 4.69) is 4.90 Å². The van der Waals surface area contributed by atoms with Crippen molar-refractivity contribution in [2.45, 2.75) is 37.6 Å². The molecule has 0 aromatic heterocycles. The van der Waals surface area contributed by atoms with E-state index in [1.54, 1.807) is 18.7 Å². The van der Waals surface area contributed by atoms with Gasteiger partial charge in [0, 0.05) is 35.7 Å². The van der Waals surface area contributed by atoms with Crippen LogP contribution >= 0.6 is 11.8 Å². The van der Waals surface area contributed by atoms with Gasteiger partial charge in [0.25, 0.3) is 0 Å². The Bertz CT molecular complexity index is 548. The van der Waals surface area contributed by atoms with Crippen LogP contribution in [0.3, 0.4) is 0 Å². The predicted molar refractivity (Wildman–Crippen MR) is 93.3 cm³/mol. The molecule has 0 bridgehead atoms. The lowest BCUT2D eigenvalue weighted by molar-refractivity contribution is -0.116. The molecule has 126 valence electrons. The average molecular weight is 335 g/mol. The lowest BCUT2D eigenvalue weighted by Crippen LogP contribution is -2.54. The fourth-order valence-corrected chi connectivity index (χ4v) is 3.59. The maximum absolute atomic E-state index is 12.8. The Hall–Kier alpha value is -1.17. The molecule has 5 heteroatoms. The molecule has 1 aliphatic rings. The number of ketones is 2. The third kappa shape index (κ3) is 4.90. The van der Waals surface area contributed by atoms with Gasteiger partial charge in [-0.1, -0.05) is 12.1 Å². The topological polar surface area (TPSA) is 46.6 Å². The molecule has 0 unspecified atom stereocenters. The summed E-state index contributed by atoms with van der Waals surface area (Å²) in [5, 5.41) is 0. The minimum atomic E-state index is -0.521. The lowest BCUT2D eigenvalue weighted by atomic mass is 9.91. The van der Waals surface area contributed by atoms with Crippen molar-refractivity contribution < 1.29 is 14.3 Å². The number of morpholine rings is 1. The SMILES string of the molecule is CC(=O)CCSc1ccc(C(=O)C(C)(C)N2CCOCC2)cc1. The van der Waals surface area contributed by atoms with Crippen LogP contribution in [0.15, 0.2) is 29.2 Å². The number of carbonyl (C=O) groups is 2. The van der Waals surface area contributed by atoms with Gasteiger partial charge in [-0.3, -0.25) is 14.5 Å². The van der Waals surface area contributed by atoms with E-state index >= 15 is 0 Å². The number of thioether (sulfide) groups is 1. The molecule has 2 rings (SSSR count). The summed E-state index contributed by atoms with van der Waals surface area (Å²) in [5.74, 6) is 1.12. The van der Waals surface area contributed by atoms with E-state index in [9.17, 15) is 9.59 Å². The van der Waals surface area contributed by atoms with E-state index in [0.29, 0.717) is 19.6 Å². The molecule has 1 saturated heterocycles. The van der Waals surface area contributed by atoms with Gasteiger partial charge in [0.05, 0.1) is 18.8 Å². The zero-order chi connectivity index (χ0) is 16.9. The van der Waals surface area contributed by atoms with Gasteiger partial charge in [-0.15, -0.1) is 11.8 Å². The van der Waals surface area contributed by atoms with Crippen molar-refractivity contribution in [3.8, 4) is 0 Å². The minimum absolute atomic E-state index is 0.139. The van der Waals surface area contributed by atoms with Crippen LogP contribution in [0.1, 0.15) is 37.6 Å². The molecular formula is C18H25NO3S. The van der Waals surface area contributed by atoms with Gasteiger partial charge in [0.1, 0.15) is 5.78 Å². The molecule has 1 aromatic rings. The van der Waals surface area contributed by atoms with Gasteiger partial charge in [-0.05, 0) is 32.9 Å². The van der Waals surface area contributed by atoms with Crippen LogP contribution in [0.2, 0.25) is 0 Å². The van der Waals surface area contributed by atoms with Crippen LogP contribution < -0.4 is 0 Å². The van der Waals surface area contributed by atoms with Gasteiger partial charge in [-0.25, -0.2) is 0 Å². The quantitative estimate of drug-likeness (QED) is 0.566. The van der Waals surface area contributed by atoms with E-state index < -0.39 is 5.54 Å². The minimum Gasteiger partial charge on any atom is -0.379 e. The van der Waals surface area contributed by atoms with E-state index in [0.717, 1.165) is 29.3 Å². The van der Waals surface area contributed by atoms with Crippen LogP contribution in [0.5, 0.6) is 0 Å². The van der Waals surface area contributed by atoms with Gasteiger partial charge in [-0.2, -0.15) is 0 Å². The summed E-state index contributed by atoms with van der Waals surface area (Å²) in [7, 11) is 0. The van der Waals surface area contributed by atoms with Crippen molar-refractivity contribution in [3.63, 3.8) is 0 Å². The molecule has 0 amide bonds. The monoisotopic (exact) mass is 335 g/mol. The maximum atomic E-state index is 12.8. The third-order valence-electron chi connectivity index (χ3n) is 4.20. The third-order valence-corrected chi connectivity index (χ3v) is 5.21. The van der Waals surface area contributed by atoms with Gasteiger partial charge in [0.15, 0.2) is 5.78 Å². The molecule has 4 nitrogen and oxygen atoms in total. The molecule has 0 atom stereocenters. The molecule has 1 aromatic carbocycles. The van der Waals surface area contributed by atoms with Gasteiger partial charge >= 0.3 is 0 Å². The smallest absolute Gasteiger partial charge is 0.182 e. The van der Waals surface area contributed by atoms with Crippen molar-refractivity contribution in [3.05, 3.63) is 29.8 Å². The second kappa shape index (κ2) is 8.08. The predicted octanol–water partition coefficient (Wildman–Crippen LogP) is 3.05. The number of hydrogen-bond donors (Lipinski definition) is 0. The first-order valence-electron chi connectivity index (χ1n) is 8.01. The Morgan fingerprint density at radius 2 is 1.78 bits per heavy atom. The summed E-state index contributed by atoms with van der Waals surface area (Å²) in [4.78, 5) is 27.1. The van der Waals surface area contributed by atoms with Crippen LogP contribution in [-0.2, 0) is 9.53 Å². The molecule has 1 fully saturated rings. The maximum Gasteiger partial charge on any atom is 0.182 e. The Labute approximate surface area is 142 Å². The summed E-state index contributed by atoms with van der Waals surface area (Å²) >= 11 is 1.65. The highest BCUT2D eigenvalue weighted by Crippen LogP contribution is 2.24. The molecule has 0 saturated carbocycles.